The van der Waals surface area contributed by atoms with Crippen LogP contribution in [0.2, 0.25) is 0 Å². The molecule has 32 heavy (non-hydrogen) atoms. The van der Waals surface area contributed by atoms with Gasteiger partial charge in [0.15, 0.2) is 0 Å². The first-order valence-electron chi connectivity index (χ1n) is 10.6. The van der Waals surface area contributed by atoms with Crippen LogP contribution in [0.3, 0.4) is 0 Å². The molecule has 5 N–H and O–H groups in total. The van der Waals surface area contributed by atoms with Crippen molar-refractivity contribution >= 4 is 0 Å². The molecule has 3 rings (SSSR count). The van der Waals surface area contributed by atoms with E-state index < -0.39 is 36.8 Å². The fourth-order valence-corrected chi connectivity index (χ4v) is 3.92. The predicted octanol–water partition coefficient (Wildman–Crippen LogP) is 0.729. The Bertz CT molecular complexity index is 970. The van der Waals surface area contributed by atoms with Crippen molar-refractivity contribution < 1.29 is 35.0 Å². The van der Waals surface area contributed by atoms with Crippen molar-refractivity contribution in [3.05, 3.63) is 64.2 Å². The third-order valence-electron chi connectivity index (χ3n) is 5.80. The van der Waals surface area contributed by atoms with Gasteiger partial charge < -0.3 is 35.0 Å². The highest BCUT2D eigenvalue weighted by atomic mass is 16.7. The monoisotopic (exact) mass is 443 g/mol. The second-order valence-corrected chi connectivity index (χ2v) is 7.86. The number of benzene rings is 2. The zero-order valence-electron chi connectivity index (χ0n) is 18.1. The molecule has 1 aliphatic rings. The van der Waals surface area contributed by atoms with Gasteiger partial charge in [0.05, 0.1) is 18.8 Å². The van der Waals surface area contributed by atoms with E-state index in [-0.39, 0.29) is 23.5 Å². The van der Waals surface area contributed by atoms with Gasteiger partial charge in [-0.1, -0.05) is 31.2 Å². The van der Waals surface area contributed by atoms with Gasteiger partial charge in [0, 0.05) is 5.56 Å². The number of aliphatic hydroxyl groups excluding tert-OH is 4. The van der Waals surface area contributed by atoms with Crippen LogP contribution in [0.4, 0.5) is 0 Å². The van der Waals surface area contributed by atoms with Crippen molar-refractivity contribution in [1.82, 2.24) is 0 Å². The van der Waals surface area contributed by atoms with Gasteiger partial charge in [-0.05, 0) is 48.6 Å². The molecular weight excluding hydrogens is 414 g/mol. The second-order valence-electron chi connectivity index (χ2n) is 7.86. The summed E-state index contributed by atoms with van der Waals surface area (Å²) in [5, 5.41) is 61.3. The zero-order valence-corrected chi connectivity index (χ0v) is 18.1. The number of nitrogens with zero attached hydrogens (tertiary/aromatic N) is 1. The Kier molecular flexibility index (Phi) is 7.51. The van der Waals surface area contributed by atoms with Crippen LogP contribution in [0.25, 0.3) is 0 Å². The minimum absolute atomic E-state index is 0.0389. The number of aryl methyl sites for hydroxylation is 1. The van der Waals surface area contributed by atoms with Crippen LogP contribution in [-0.4, -0.2) is 63.2 Å². The Hall–Kier alpha value is -2.51. The predicted molar refractivity (Wildman–Crippen MR) is 115 cm³/mol. The average Bonchev–Trinajstić information content (AvgIpc) is 2.80. The van der Waals surface area contributed by atoms with Crippen LogP contribution >= 0.6 is 0 Å². The molecule has 0 aliphatic carbocycles. The second kappa shape index (κ2) is 9.96. The van der Waals surface area contributed by atoms with Gasteiger partial charge in [0.25, 0.3) is 0 Å². The molecule has 8 heteroatoms. The molecule has 0 amide bonds. The fourth-order valence-electron chi connectivity index (χ4n) is 3.92. The number of rotatable bonds is 7. The van der Waals surface area contributed by atoms with Crippen molar-refractivity contribution in [3.63, 3.8) is 0 Å². The molecular formula is C24H29NO7. The molecule has 0 spiro atoms. The lowest BCUT2D eigenvalue weighted by Gasteiger charge is -2.45. The number of aliphatic hydroxyl groups is 5. The highest BCUT2D eigenvalue weighted by molar-refractivity contribution is 5.54. The summed E-state index contributed by atoms with van der Waals surface area (Å²) in [7, 11) is 0. The first-order chi connectivity index (χ1) is 15.3. The maximum Gasteiger partial charge on any atom is 0.222 e. The van der Waals surface area contributed by atoms with E-state index in [2.05, 4.69) is 13.0 Å². The summed E-state index contributed by atoms with van der Waals surface area (Å²) >= 11 is 0. The smallest absolute Gasteiger partial charge is 0.222 e. The molecule has 2 aromatic carbocycles. The van der Waals surface area contributed by atoms with Gasteiger partial charge in [0.2, 0.25) is 5.79 Å². The van der Waals surface area contributed by atoms with E-state index >= 15 is 0 Å². The maximum absolute atomic E-state index is 11.2. The zero-order chi connectivity index (χ0) is 23.5. The largest absolute Gasteiger partial charge is 0.492 e. The highest BCUT2D eigenvalue weighted by Gasteiger charge is 2.54. The van der Waals surface area contributed by atoms with E-state index in [9.17, 15) is 30.8 Å². The minimum Gasteiger partial charge on any atom is -0.492 e. The van der Waals surface area contributed by atoms with Gasteiger partial charge >= 0.3 is 0 Å². The molecule has 1 saturated heterocycles. The summed E-state index contributed by atoms with van der Waals surface area (Å²) in [5.41, 5.74) is 2.95. The van der Waals surface area contributed by atoms with Gasteiger partial charge in [-0.15, -0.1) is 0 Å². The topological polar surface area (TPSA) is 143 Å². The van der Waals surface area contributed by atoms with Gasteiger partial charge in [0.1, 0.15) is 36.2 Å². The average molecular weight is 443 g/mol. The Morgan fingerprint density at radius 1 is 1.06 bits per heavy atom. The van der Waals surface area contributed by atoms with Crippen molar-refractivity contribution in [3.8, 4) is 11.8 Å². The van der Waals surface area contributed by atoms with E-state index in [1.165, 1.54) is 17.7 Å². The number of ether oxygens (including phenoxy) is 2. The quantitative estimate of drug-likeness (QED) is 0.421. The minimum atomic E-state index is -2.44. The van der Waals surface area contributed by atoms with Crippen LogP contribution in [-0.2, 0) is 23.4 Å². The molecule has 1 aliphatic heterocycles. The van der Waals surface area contributed by atoms with Gasteiger partial charge in [-0.3, -0.25) is 0 Å². The van der Waals surface area contributed by atoms with Crippen LogP contribution in [0.5, 0.6) is 5.75 Å². The number of hydrogen-bond acceptors (Lipinski definition) is 8. The van der Waals surface area contributed by atoms with Crippen LogP contribution in [0.1, 0.15) is 41.7 Å². The van der Waals surface area contributed by atoms with E-state index in [1.54, 1.807) is 6.92 Å². The summed E-state index contributed by atoms with van der Waals surface area (Å²) in [4.78, 5) is 0. The molecule has 1 fully saturated rings. The highest BCUT2D eigenvalue weighted by Crippen LogP contribution is 2.39. The summed E-state index contributed by atoms with van der Waals surface area (Å²) < 4.78 is 11.1. The number of nitriles is 1. The van der Waals surface area contributed by atoms with Crippen molar-refractivity contribution in [2.24, 2.45) is 0 Å². The first kappa shape index (κ1) is 24.1. The molecule has 0 aromatic heterocycles. The van der Waals surface area contributed by atoms with Gasteiger partial charge in [-0.25, -0.2) is 0 Å². The van der Waals surface area contributed by atoms with E-state index in [4.69, 9.17) is 9.47 Å². The standard InChI is InChI=1S/C24H29NO7/c1-3-14-5-7-15(8-6-14)9-16-10-17(11-19(31-4-2)18(16)12-25)24(30)23(29)22(28)21(27)20(13-26)32-24/h5-8,10-11,20-23,26-30H,3-4,9,13H2,1-2H3/t20-,21-,22+,23-,24-/m1/s1. The normalized spacial score (nSPS) is 27.7. The summed E-state index contributed by atoms with van der Waals surface area (Å²) in [6, 6.07) is 12.9. The van der Waals surface area contributed by atoms with E-state index in [0.717, 1.165) is 12.0 Å². The molecule has 2 aromatic rings. The number of hydrogen-bond donors (Lipinski definition) is 5. The Morgan fingerprint density at radius 2 is 1.72 bits per heavy atom. The lowest BCUT2D eigenvalue weighted by Crippen LogP contribution is -2.63. The van der Waals surface area contributed by atoms with Crippen LogP contribution in [0, 0.1) is 11.3 Å². The van der Waals surface area contributed by atoms with Crippen molar-refractivity contribution in [1.29, 1.82) is 5.26 Å². The lowest BCUT2D eigenvalue weighted by molar-refractivity contribution is -0.357. The summed E-state index contributed by atoms with van der Waals surface area (Å²) in [5.74, 6) is -2.25. The molecule has 0 saturated carbocycles. The first-order valence-corrected chi connectivity index (χ1v) is 10.6. The third kappa shape index (κ3) is 4.50. The Balaban J connectivity index is 2.10. The van der Waals surface area contributed by atoms with Crippen molar-refractivity contribution in [2.75, 3.05) is 13.2 Å². The van der Waals surface area contributed by atoms with Gasteiger partial charge in [-0.2, -0.15) is 5.26 Å². The molecule has 172 valence electrons. The molecule has 0 bridgehead atoms. The summed E-state index contributed by atoms with van der Waals surface area (Å²) in [6.07, 6.45) is -5.33. The molecule has 1 heterocycles. The molecule has 5 atom stereocenters. The Morgan fingerprint density at radius 3 is 2.28 bits per heavy atom. The molecule has 0 radical (unpaired) electrons. The third-order valence-corrected chi connectivity index (χ3v) is 5.80. The fraction of sp³-hybridized carbons (Fsp3) is 0.458. The summed E-state index contributed by atoms with van der Waals surface area (Å²) in [6.45, 7) is 3.38. The molecule has 8 nitrogen and oxygen atoms in total. The Labute approximate surface area is 186 Å². The van der Waals surface area contributed by atoms with Crippen LogP contribution in [0.15, 0.2) is 36.4 Å². The lowest BCUT2D eigenvalue weighted by atomic mass is 9.86. The SMILES string of the molecule is CCOc1cc([C@@]2(O)O[C@H](CO)[C@@H](O)[C@H](O)[C@H]2O)cc(Cc2ccc(CC)cc2)c1C#N. The molecule has 0 unspecified atom stereocenters. The van der Waals surface area contributed by atoms with Crippen molar-refractivity contribution in [2.45, 2.75) is 56.9 Å². The van der Waals surface area contributed by atoms with E-state index in [0.29, 0.717) is 12.0 Å². The van der Waals surface area contributed by atoms with E-state index in [1.807, 2.05) is 24.3 Å². The van der Waals surface area contributed by atoms with Crippen LogP contribution < -0.4 is 4.74 Å². The maximum atomic E-state index is 11.2.